The van der Waals surface area contributed by atoms with Gasteiger partial charge in [-0.25, -0.2) is 0 Å². The number of piperidine rings is 1. The van der Waals surface area contributed by atoms with Crippen LogP contribution in [0, 0.1) is 12.3 Å². The zero-order valence-corrected chi connectivity index (χ0v) is 15.7. The molecule has 2 aromatic rings. The van der Waals surface area contributed by atoms with Crippen LogP contribution in [0.15, 0.2) is 35.3 Å². The van der Waals surface area contributed by atoms with Crippen molar-refractivity contribution in [2.75, 3.05) is 19.9 Å². The molecule has 27 heavy (non-hydrogen) atoms. The number of nitrogens with zero attached hydrogens (tertiary/aromatic N) is 1. The molecule has 142 valence electrons. The zero-order valence-electron chi connectivity index (χ0n) is 15.7. The predicted molar refractivity (Wildman–Crippen MR) is 101 cm³/mol. The van der Waals surface area contributed by atoms with Crippen molar-refractivity contribution < 1.29 is 14.3 Å². The van der Waals surface area contributed by atoms with Gasteiger partial charge in [0.2, 0.25) is 6.79 Å². The third-order valence-corrected chi connectivity index (χ3v) is 5.42. The number of nitrogens with one attached hydrogen (secondary N) is 1. The first kappa shape index (κ1) is 17.6. The van der Waals surface area contributed by atoms with Gasteiger partial charge in [-0.2, -0.15) is 0 Å². The lowest BCUT2D eigenvalue weighted by Crippen LogP contribution is -2.46. The van der Waals surface area contributed by atoms with Crippen LogP contribution in [0.1, 0.15) is 41.4 Å². The van der Waals surface area contributed by atoms with Crippen LogP contribution in [0.2, 0.25) is 0 Å². The standard InChI is InChI=1S/C21H24N2O4/c1-14-8-17(24)16(11-22-14)20(25)23-7-3-6-21(2,12-23)10-15-4-5-18-19(9-15)27-13-26-18/h4-5,8-9,11H,3,6-7,10,12-13H2,1-2H3,(H,22,24)/t21-/m1/s1. The van der Waals surface area contributed by atoms with Crippen LogP contribution in [-0.2, 0) is 6.42 Å². The average molecular weight is 368 g/mol. The van der Waals surface area contributed by atoms with Crippen molar-refractivity contribution in [3.63, 3.8) is 0 Å². The van der Waals surface area contributed by atoms with Gasteiger partial charge in [-0.15, -0.1) is 0 Å². The fourth-order valence-corrected chi connectivity index (χ4v) is 4.09. The number of aromatic nitrogens is 1. The number of ether oxygens (including phenoxy) is 2. The van der Waals surface area contributed by atoms with E-state index < -0.39 is 0 Å². The molecule has 1 N–H and O–H groups in total. The Morgan fingerprint density at radius 3 is 2.89 bits per heavy atom. The number of aromatic amines is 1. The minimum absolute atomic E-state index is 0.0426. The number of carbonyl (C=O) groups excluding carboxylic acids is 1. The van der Waals surface area contributed by atoms with Gasteiger partial charge in [-0.1, -0.05) is 13.0 Å². The number of fused-ring (bicyclic) bond motifs is 1. The van der Waals surface area contributed by atoms with Crippen molar-refractivity contribution in [1.29, 1.82) is 0 Å². The first-order chi connectivity index (χ1) is 12.9. The highest BCUT2D eigenvalue weighted by Crippen LogP contribution is 2.37. The number of hydrogen-bond donors (Lipinski definition) is 1. The molecule has 0 spiro atoms. The molecule has 0 saturated carbocycles. The quantitative estimate of drug-likeness (QED) is 0.904. The van der Waals surface area contributed by atoms with Gasteiger partial charge in [0.25, 0.3) is 5.91 Å². The third-order valence-electron chi connectivity index (χ3n) is 5.42. The molecular weight excluding hydrogens is 344 g/mol. The van der Waals surface area contributed by atoms with Gasteiger partial charge in [0.05, 0.1) is 0 Å². The molecule has 2 aliphatic heterocycles. The molecule has 1 amide bonds. The summed E-state index contributed by atoms with van der Waals surface area (Å²) >= 11 is 0. The second-order valence-corrected chi connectivity index (χ2v) is 7.90. The van der Waals surface area contributed by atoms with Crippen LogP contribution in [0.5, 0.6) is 11.5 Å². The maximum absolute atomic E-state index is 12.9. The van der Waals surface area contributed by atoms with Crippen molar-refractivity contribution in [3.05, 3.63) is 57.5 Å². The van der Waals surface area contributed by atoms with Crippen molar-refractivity contribution in [3.8, 4) is 11.5 Å². The lowest BCUT2D eigenvalue weighted by Gasteiger charge is -2.40. The van der Waals surface area contributed by atoms with Crippen LogP contribution in [-0.4, -0.2) is 35.7 Å². The highest BCUT2D eigenvalue weighted by atomic mass is 16.7. The molecule has 0 unspecified atom stereocenters. The van der Waals surface area contributed by atoms with E-state index in [0.29, 0.717) is 13.1 Å². The number of H-pyrrole nitrogens is 1. The van der Waals surface area contributed by atoms with E-state index in [2.05, 4.69) is 18.0 Å². The van der Waals surface area contributed by atoms with E-state index in [0.717, 1.165) is 36.5 Å². The number of benzene rings is 1. The van der Waals surface area contributed by atoms with Gasteiger partial charge in [0, 0.05) is 31.0 Å². The van der Waals surface area contributed by atoms with Crippen molar-refractivity contribution in [2.24, 2.45) is 5.41 Å². The first-order valence-electron chi connectivity index (χ1n) is 9.31. The summed E-state index contributed by atoms with van der Waals surface area (Å²) in [5.41, 5.74) is 1.87. The summed E-state index contributed by atoms with van der Waals surface area (Å²) in [5.74, 6) is 1.38. The van der Waals surface area contributed by atoms with Crippen LogP contribution in [0.3, 0.4) is 0 Å². The number of pyridine rings is 1. The normalized spacial score (nSPS) is 21.3. The SMILES string of the molecule is Cc1cc(=O)c(C(=O)N2CCC[C@](C)(Cc3ccc4c(c3)OCO4)C2)c[nH]1. The summed E-state index contributed by atoms with van der Waals surface area (Å²) in [6.45, 7) is 5.59. The highest BCUT2D eigenvalue weighted by molar-refractivity contribution is 5.93. The maximum Gasteiger partial charge on any atom is 0.259 e. The van der Waals surface area contributed by atoms with Crippen LogP contribution >= 0.6 is 0 Å². The molecule has 1 fully saturated rings. The minimum Gasteiger partial charge on any atom is -0.454 e. The number of aryl methyl sites for hydroxylation is 1. The molecule has 0 bridgehead atoms. The van der Waals surface area contributed by atoms with Gasteiger partial charge in [0.15, 0.2) is 16.9 Å². The average Bonchev–Trinajstić information content (AvgIpc) is 3.08. The molecule has 1 aromatic carbocycles. The van der Waals surface area contributed by atoms with E-state index in [1.54, 1.807) is 6.92 Å². The summed E-state index contributed by atoms with van der Waals surface area (Å²) in [6.07, 6.45) is 4.34. The smallest absolute Gasteiger partial charge is 0.259 e. The Morgan fingerprint density at radius 2 is 2.07 bits per heavy atom. The second kappa shape index (κ2) is 6.76. The Balaban J connectivity index is 1.51. The van der Waals surface area contributed by atoms with Gasteiger partial charge in [-0.05, 0) is 49.3 Å². The third kappa shape index (κ3) is 3.56. The second-order valence-electron chi connectivity index (χ2n) is 7.90. The van der Waals surface area contributed by atoms with Crippen LogP contribution in [0.4, 0.5) is 0 Å². The Bertz CT molecular complexity index is 936. The van der Waals surface area contributed by atoms with E-state index in [1.807, 2.05) is 17.0 Å². The molecule has 1 aromatic heterocycles. The molecule has 3 heterocycles. The lowest BCUT2D eigenvalue weighted by atomic mass is 9.76. The monoisotopic (exact) mass is 368 g/mol. The number of likely N-dealkylation sites (tertiary alicyclic amines) is 1. The van der Waals surface area contributed by atoms with E-state index >= 15 is 0 Å². The Labute approximate surface area is 158 Å². The minimum atomic E-state index is -0.223. The maximum atomic E-state index is 12.9. The summed E-state index contributed by atoms with van der Waals surface area (Å²) < 4.78 is 10.9. The molecule has 6 nitrogen and oxygen atoms in total. The van der Waals surface area contributed by atoms with Gasteiger partial charge in [0.1, 0.15) is 5.56 Å². The van der Waals surface area contributed by atoms with Crippen LogP contribution < -0.4 is 14.9 Å². The Morgan fingerprint density at radius 1 is 1.26 bits per heavy atom. The van der Waals surface area contributed by atoms with E-state index in [-0.39, 0.29) is 29.1 Å². The molecule has 0 radical (unpaired) electrons. The molecule has 1 atom stereocenters. The topological polar surface area (TPSA) is 71.6 Å². The fraction of sp³-hybridized carbons (Fsp3) is 0.429. The van der Waals surface area contributed by atoms with Crippen LogP contribution in [0.25, 0.3) is 0 Å². The molecule has 0 aliphatic carbocycles. The largest absolute Gasteiger partial charge is 0.454 e. The Kier molecular flexibility index (Phi) is 4.42. The zero-order chi connectivity index (χ0) is 19.0. The van der Waals surface area contributed by atoms with Gasteiger partial charge >= 0.3 is 0 Å². The predicted octanol–water partition coefficient (Wildman–Crippen LogP) is 2.90. The number of carbonyl (C=O) groups is 1. The van der Waals surface area contributed by atoms with E-state index in [4.69, 9.17) is 9.47 Å². The fourth-order valence-electron chi connectivity index (χ4n) is 4.09. The van der Waals surface area contributed by atoms with Gasteiger partial charge in [-0.3, -0.25) is 9.59 Å². The number of hydrogen-bond acceptors (Lipinski definition) is 4. The van der Waals surface area contributed by atoms with E-state index in [9.17, 15) is 9.59 Å². The van der Waals surface area contributed by atoms with Crippen molar-refractivity contribution >= 4 is 5.91 Å². The van der Waals surface area contributed by atoms with Crippen molar-refractivity contribution in [1.82, 2.24) is 9.88 Å². The highest BCUT2D eigenvalue weighted by Gasteiger charge is 2.34. The summed E-state index contributed by atoms with van der Waals surface area (Å²) in [5, 5.41) is 0. The summed E-state index contributed by atoms with van der Waals surface area (Å²) in [7, 11) is 0. The van der Waals surface area contributed by atoms with Crippen molar-refractivity contribution in [2.45, 2.75) is 33.1 Å². The number of amides is 1. The Hall–Kier alpha value is -2.76. The lowest BCUT2D eigenvalue weighted by molar-refractivity contribution is 0.0549. The van der Waals surface area contributed by atoms with E-state index in [1.165, 1.54) is 17.8 Å². The summed E-state index contributed by atoms with van der Waals surface area (Å²) in [6, 6.07) is 7.50. The molecule has 2 aliphatic rings. The molecule has 6 heteroatoms. The molecule has 4 rings (SSSR count). The number of rotatable bonds is 3. The van der Waals surface area contributed by atoms with Gasteiger partial charge < -0.3 is 19.4 Å². The first-order valence-corrected chi connectivity index (χ1v) is 9.31. The summed E-state index contributed by atoms with van der Waals surface area (Å²) in [4.78, 5) is 29.9. The molecule has 1 saturated heterocycles. The molecular formula is C21H24N2O4.